The average molecular weight is 283 g/mol. The van der Waals surface area contributed by atoms with Gasteiger partial charge >= 0.3 is 7.12 Å². The predicted molar refractivity (Wildman–Crippen MR) is 85.5 cm³/mol. The second kappa shape index (κ2) is 6.05. The summed E-state index contributed by atoms with van der Waals surface area (Å²) in [5.41, 5.74) is 0.397. The Morgan fingerprint density at radius 2 is 1.71 bits per heavy atom. The average Bonchev–Trinajstić information content (AvgIpc) is 2.63. The molecule has 0 unspecified atom stereocenters. The summed E-state index contributed by atoms with van der Waals surface area (Å²) in [7, 11) is -0.333. The van der Waals surface area contributed by atoms with Crippen LogP contribution in [-0.2, 0) is 9.31 Å². The van der Waals surface area contributed by atoms with E-state index in [4.69, 9.17) is 9.31 Å². The first-order chi connectivity index (χ1) is 9.84. The van der Waals surface area contributed by atoms with Crippen molar-refractivity contribution in [2.24, 2.45) is 5.92 Å². The van der Waals surface area contributed by atoms with Crippen LogP contribution >= 0.6 is 0 Å². The summed E-state index contributed by atoms with van der Waals surface area (Å²) >= 11 is 0. The lowest BCUT2D eigenvalue weighted by molar-refractivity contribution is 0.00578. The molecule has 0 aliphatic carbocycles. The van der Waals surface area contributed by atoms with Gasteiger partial charge in [-0.1, -0.05) is 42.5 Å². The van der Waals surface area contributed by atoms with Crippen molar-refractivity contribution in [1.29, 1.82) is 5.26 Å². The van der Waals surface area contributed by atoms with Crippen LogP contribution in [0.3, 0.4) is 0 Å². The number of allylic oxidation sites excluding steroid dienone is 1. The highest BCUT2D eigenvalue weighted by Crippen LogP contribution is 2.38. The van der Waals surface area contributed by atoms with Crippen molar-refractivity contribution in [3.8, 4) is 6.07 Å². The molecule has 1 aliphatic rings. The molecule has 110 valence electrons. The Bertz CT molecular complexity index is 530. The molecule has 0 aromatic heterocycles. The highest BCUT2D eigenvalue weighted by Gasteiger charge is 2.51. The van der Waals surface area contributed by atoms with Gasteiger partial charge < -0.3 is 9.31 Å². The molecular formula is C17H22BNO2. The van der Waals surface area contributed by atoms with Crippen molar-refractivity contribution in [2.45, 2.75) is 45.2 Å². The Morgan fingerprint density at radius 3 is 2.24 bits per heavy atom. The quantitative estimate of drug-likeness (QED) is 0.786. The van der Waals surface area contributed by atoms with Gasteiger partial charge in [0.15, 0.2) is 0 Å². The lowest BCUT2D eigenvalue weighted by atomic mass is 9.77. The molecule has 0 N–H and O–H groups in total. The Labute approximate surface area is 127 Å². The Hall–Kier alpha value is -1.57. The Morgan fingerprint density at radius 1 is 1.14 bits per heavy atom. The van der Waals surface area contributed by atoms with E-state index < -0.39 is 0 Å². The molecule has 1 fully saturated rings. The van der Waals surface area contributed by atoms with Gasteiger partial charge in [-0.05, 0) is 33.3 Å². The standard InChI is InChI=1S/C17H22BNO2/c1-16(2)17(3,4)21-18(20-16)12-15(13-19)11-10-14-8-6-5-7-9-14/h5-11,15H,12H2,1-4H3/b11-10+/t15-/m1/s1. The van der Waals surface area contributed by atoms with E-state index in [0.717, 1.165) is 5.56 Å². The SMILES string of the molecule is CC1(C)OB(C[C@H](C#N)/C=C/c2ccccc2)OC1(C)C. The minimum atomic E-state index is -0.346. The van der Waals surface area contributed by atoms with E-state index in [-0.39, 0.29) is 24.2 Å². The van der Waals surface area contributed by atoms with E-state index in [0.29, 0.717) is 6.32 Å². The number of nitrogens with zero attached hydrogens (tertiary/aromatic N) is 1. The Balaban J connectivity index is 1.99. The van der Waals surface area contributed by atoms with Crippen molar-refractivity contribution in [3.05, 3.63) is 42.0 Å². The first kappa shape index (κ1) is 15.8. The van der Waals surface area contributed by atoms with Gasteiger partial charge in [0, 0.05) is 6.32 Å². The first-order valence-corrected chi connectivity index (χ1v) is 7.32. The molecular weight excluding hydrogens is 261 g/mol. The summed E-state index contributed by atoms with van der Waals surface area (Å²) in [4.78, 5) is 0. The van der Waals surface area contributed by atoms with E-state index in [9.17, 15) is 5.26 Å². The lowest BCUT2D eigenvalue weighted by Crippen LogP contribution is -2.41. The largest absolute Gasteiger partial charge is 0.459 e. The minimum absolute atomic E-state index is 0.222. The van der Waals surface area contributed by atoms with Crippen LogP contribution in [0, 0.1) is 17.2 Å². The molecule has 21 heavy (non-hydrogen) atoms. The van der Waals surface area contributed by atoms with Crippen LogP contribution in [0.4, 0.5) is 0 Å². The summed E-state index contributed by atoms with van der Waals surface area (Å²) in [5.74, 6) is -0.222. The maximum atomic E-state index is 9.31. The van der Waals surface area contributed by atoms with Crippen LogP contribution in [0.1, 0.15) is 33.3 Å². The molecule has 3 nitrogen and oxygen atoms in total. The smallest absolute Gasteiger partial charge is 0.403 e. The second-order valence-corrected chi connectivity index (χ2v) is 6.43. The molecule has 2 rings (SSSR count). The topological polar surface area (TPSA) is 42.2 Å². The van der Waals surface area contributed by atoms with Crippen LogP contribution in [-0.4, -0.2) is 18.3 Å². The van der Waals surface area contributed by atoms with E-state index in [1.54, 1.807) is 0 Å². The van der Waals surface area contributed by atoms with Gasteiger partial charge in [0.05, 0.1) is 23.2 Å². The molecule has 0 spiro atoms. The molecule has 0 amide bonds. The van der Waals surface area contributed by atoms with Crippen LogP contribution in [0.2, 0.25) is 6.32 Å². The fourth-order valence-corrected chi connectivity index (χ4v) is 2.23. The zero-order valence-electron chi connectivity index (χ0n) is 13.2. The highest BCUT2D eigenvalue weighted by atomic mass is 16.7. The van der Waals surface area contributed by atoms with Gasteiger partial charge in [0.25, 0.3) is 0 Å². The third kappa shape index (κ3) is 3.75. The molecule has 1 saturated heterocycles. The fourth-order valence-electron chi connectivity index (χ4n) is 2.23. The molecule has 1 atom stereocenters. The zero-order valence-corrected chi connectivity index (χ0v) is 13.2. The molecule has 1 heterocycles. The predicted octanol–water partition coefficient (Wildman–Crippen LogP) is 3.93. The monoisotopic (exact) mass is 283 g/mol. The molecule has 1 aromatic carbocycles. The minimum Gasteiger partial charge on any atom is -0.403 e. The molecule has 1 aliphatic heterocycles. The van der Waals surface area contributed by atoms with Crippen molar-refractivity contribution >= 4 is 13.2 Å². The summed E-state index contributed by atoms with van der Waals surface area (Å²) < 4.78 is 11.9. The van der Waals surface area contributed by atoms with Crippen molar-refractivity contribution < 1.29 is 9.31 Å². The third-order valence-corrected chi connectivity index (χ3v) is 4.23. The number of nitriles is 1. The van der Waals surface area contributed by atoms with Crippen molar-refractivity contribution in [2.75, 3.05) is 0 Å². The normalized spacial score (nSPS) is 21.4. The number of benzene rings is 1. The van der Waals surface area contributed by atoms with Crippen molar-refractivity contribution in [3.63, 3.8) is 0 Å². The summed E-state index contributed by atoms with van der Waals surface area (Å²) in [6.07, 6.45) is 4.44. The second-order valence-electron chi connectivity index (χ2n) is 6.43. The molecule has 0 saturated carbocycles. The van der Waals surface area contributed by atoms with Crippen LogP contribution in [0.5, 0.6) is 0 Å². The van der Waals surface area contributed by atoms with Gasteiger partial charge in [-0.25, -0.2) is 0 Å². The number of hydrogen-bond donors (Lipinski definition) is 0. The fraction of sp³-hybridized carbons (Fsp3) is 0.471. The van der Waals surface area contributed by atoms with E-state index in [2.05, 4.69) is 6.07 Å². The summed E-state index contributed by atoms with van der Waals surface area (Å²) in [6.45, 7) is 8.09. The summed E-state index contributed by atoms with van der Waals surface area (Å²) in [6, 6.07) is 12.3. The number of rotatable bonds is 4. The van der Waals surface area contributed by atoms with E-state index >= 15 is 0 Å². The van der Waals surface area contributed by atoms with Gasteiger partial charge in [-0.2, -0.15) is 5.26 Å². The van der Waals surface area contributed by atoms with Crippen LogP contribution in [0.15, 0.2) is 36.4 Å². The lowest BCUT2D eigenvalue weighted by Gasteiger charge is -2.32. The zero-order chi connectivity index (χ0) is 15.5. The summed E-state index contributed by atoms with van der Waals surface area (Å²) in [5, 5.41) is 9.31. The maximum Gasteiger partial charge on any atom is 0.459 e. The first-order valence-electron chi connectivity index (χ1n) is 7.32. The van der Waals surface area contributed by atoms with Gasteiger partial charge in [-0.3, -0.25) is 0 Å². The third-order valence-electron chi connectivity index (χ3n) is 4.23. The highest BCUT2D eigenvalue weighted by molar-refractivity contribution is 6.45. The van der Waals surface area contributed by atoms with E-state index in [1.165, 1.54) is 0 Å². The molecule has 1 aromatic rings. The van der Waals surface area contributed by atoms with Crippen molar-refractivity contribution in [1.82, 2.24) is 0 Å². The molecule has 4 heteroatoms. The molecule has 0 radical (unpaired) electrons. The van der Waals surface area contributed by atoms with E-state index in [1.807, 2.05) is 70.2 Å². The Kier molecular flexibility index (Phi) is 4.56. The number of hydrogen-bond acceptors (Lipinski definition) is 3. The maximum absolute atomic E-state index is 9.31. The van der Waals surface area contributed by atoms with Crippen LogP contribution < -0.4 is 0 Å². The molecule has 0 bridgehead atoms. The van der Waals surface area contributed by atoms with Gasteiger partial charge in [-0.15, -0.1) is 0 Å². The van der Waals surface area contributed by atoms with Gasteiger partial charge in [0.2, 0.25) is 0 Å². The van der Waals surface area contributed by atoms with Crippen LogP contribution in [0.25, 0.3) is 6.08 Å². The van der Waals surface area contributed by atoms with Gasteiger partial charge in [0.1, 0.15) is 0 Å².